The molecule has 1 aromatic carbocycles. The van der Waals surface area contributed by atoms with Crippen LogP contribution in [0.3, 0.4) is 0 Å². The zero-order chi connectivity index (χ0) is 24.2. The molecule has 1 aliphatic rings. The summed E-state index contributed by atoms with van der Waals surface area (Å²) < 4.78 is 10.5. The van der Waals surface area contributed by atoms with Gasteiger partial charge in [0.2, 0.25) is 0 Å². The molecule has 2 aromatic rings. The molecule has 1 amide bonds. The Labute approximate surface area is 200 Å². The van der Waals surface area contributed by atoms with Gasteiger partial charge in [0, 0.05) is 38.9 Å². The van der Waals surface area contributed by atoms with Crippen LogP contribution in [0.5, 0.6) is 0 Å². The monoisotopic (exact) mass is 467 g/mol. The van der Waals surface area contributed by atoms with Gasteiger partial charge in [-0.05, 0) is 12.0 Å². The molecule has 1 saturated heterocycles. The highest BCUT2D eigenvalue weighted by molar-refractivity contribution is 5.98. The van der Waals surface area contributed by atoms with Crippen LogP contribution in [0.25, 0.3) is 0 Å². The maximum atomic E-state index is 13.6. The van der Waals surface area contributed by atoms with Gasteiger partial charge in [-0.2, -0.15) is 0 Å². The molecule has 0 saturated carbocycles. The number of benzene rings is 1. The second kappa shape index (κ2) is 13.4. The van der Waals surface area contributed by atoms with E-state index < -0.39 is 0 Å². The Bertz CT molecular complexity index is 961. The van der Waals surface area contributed by atoms with Gasteiger partial charge in [0.25, 0.3) is 5.91 Å². The second-order valence-electron chi connectivity index (χ2n) is 7.90. The molecule has 1 aliphatic heterocycles. The fourth-order valence-corrected chi connectivity index (χ4v) is 3.47. The summed E-state index contributed by atoms with van der Waals surface area (Å²) in [4.78, 5) is 35.9. The van der Waals surface area contributed by atoms with Crippen LogP contribution in [-0.2, 0) is 20.8 Å². The van der Waals surface area contributed by atoms with E-state index >= 15 is 0 Å². The van der Waals surface area contributed by atoms with Crippen molar-refractivity contribution in [2.45, 2.75) is 32.4 Å². The third-order valence-electron chi connectivity index (χ3n) is 5.30. The molecule has 9 heteroatoms. The average Bonchev–Trinajstić information content (AvgIpc) is 2.89. The zero-order valence-electron chi connectivity index (χ0n) is 19.8. The normalized spacial score (nSPS) is 15.8. The van der Waals surface area contributed by atoms with Gasteiger partial charge in [-0.1, -0.05) is 49.4 Å². The van der Waals surface area contributed by atoms with E-state index in [9.17, 15) is 9.59 Å². The molecule has 0 aliphatic carbocycles. The van der Waals surface area contributed by atoms with Crippen molar-refractivity contribution in [3.63, 3.8) is 0 Å². The molecule has 0 radical (unpaired) electrons. The van der Waals surface area contributed by atoms with E-state index in [0.717, 1.165) is 18.5 Å². The number of amides is 1. The van der Waals surface area contributed by atoms with Gasteiger partial charge in [0.05, 0.1) is 20.1 Å². The Morgan fingerprint density at radius 1 is 1.29 bits per heavy atom. The van der Waals surface area contributed by atoms with Crippen molar-refractivity contribution in [1.82, 2.24) is 20.2 Å². The van der Waals surface area contributed by atoms with Crippen LogP contribution in [-0.4, -0.2) is 66.6 Å². The predicted octanol–water partition coefficient (Wildman–Crippen LogP) is 2.72. The second-order valence-corrected chi connectivity index (χ2v) is 7.90. The third kappa shape index (κ3) is 7.36. The molecule has 0 spiro atoms. The van der Waals surface area contributed by atoms with E-state index in [-0.39, 0.29) is 24.4 Å². The Kier molecular flexibility index (Phi) is 9.99. The summed E-state index contributed by atoms with van der Waals surface area (Å²) >= 11 is 0. The van der Waals surface area contributed by atoms with Gasteiger partial charge in [-0.3, -0.25) is 9.59 Å². The largest absolute Gasteiger partial charge is 0.469 e. The van der Waals surface area contributed by atoms with Crippen LogP contribution < -0.4 is 10.6 Å². The van der Waals surface area contributed by atoms with Gasteiger partial charge in [-0.15, -0.1) is 0 Å². The Hall–Kier alpha value is -3.30. The van der Waals surface area contributed by atoms with Crippen molar-refractivity contribution in [3.8, 4) is 0 Å². The number of methoxy groups -OCH3 is 1. The van der Waals surface area contributed by atoms with Crippen molar-refractivity contribution < 1.29 is 19.1 Å². The van der Waals surface area contributed by atoms with E-state index in [1.807, 2.05) is 30.3 Å². The van der Waals surface area contributed by atoms with Gasteiger partial charge in [-0.25, -0.2) is 9.97 Å². The zero-order valence-corrected chi connectivity index (χ0v) is 19.8. The number of nitrogens with zero attached hydrogens (tertiary/aromatic N) is 3. The fraction of sp³-hybridized carbons (Fsp3) is 0.440. The molecular weight excluding hydrogens is 434 g/mol. The number of carbonyl (C=O) groups is 2. The number of morpholine rings is 1. The van der Waals surface area contributed by atoms with Crippen molar-refractivity contribution in [2.24, 2.45) is 0 Å². The lowest BCUT2D eigenvalue weighted by Crippen LogP contribution is -2.35. The highest BCUT2D eigenvalue weighted by Gasteiger charge is 2.24. The van der Waals surface area contributed by atoms with Crippen LogP contribution in [0.2, 0.25) is 0 Å². The van der Waals surface area contributed by atoms with Crippen LogP contribution in [0.1, 0.15) is 47.6 Å². The van der Waals surface area contributed by atoms with Crippen molar-refractivity contribution in [1.29, 1.82) is 0 Å². The number of carbonyl (C=O) groups excluding carboxylic acids is 2. The topological polar surface area (TPSA) is 106 Å². The summed E-state index contributed by atoms with van der Waals surface area (Å²) in [6, 6.07) is 9.77. The lowest BCUT2D eigenvalue weighted by Gasteiger charge is -2.25. The number of hydrogen-bond acceptors (Lipinski definition) is 8. The maximum Gasteiger partial charge on any atom is 0.309 e. The summed E-state index contributed by atoms with van der Waals surface area (Å²) in [7, 11) is 1.35. The fourth-order valence-electron chi connectivity index (χ4n) is 3.47. The minimum atomic E-state index is -0.327. The standard InChI is InChI=1S/C25H33N5O4/c1-3-12-27-23-20(16-28-24(29-23)21-17-26-13-15-34-21)25(32)30(14-8-7-11-22(31)33-2)18-19-9-5-4-6-10-19/h4-10,16,21,26H,3,11-15,17-18H2,1-2H3,(H,27,28,29)/b8-7+. The molecule has 1 unspecified atom stereocenters. The Morgan fingerprint density at radius 3 is 2.82 bits per heavy atom. The molecule has 3 rings (SSSR count). The van der Waals surface area contributed by atoms with Crippen LogP contribution in [0.4, 0.5) is 5.82 Å². The van der Waals surface area contributed by atoms with Crippen molar-refractivity contribution in [3.05, 3.63) is 65.6 Å². The molecule has 9 nitrogen and oxygen atoms in total. The van der Waals surface area contributed by atoms with Gasteiger partial charge < -0.3 is 25.0 Å². The summed E-state index contributed by atoms with van der Waals surface area (Å²) in [5.41, 5.74) is 1.40. The van der Waals surface area contributed by atoms with E-state index in [4.69, 9.17) is 4.74 Å². The lowest BCUT2D eigenvalue weighted by atomic mass is 10.1. The Balaban J connectivity index is 1.85. The average molecular weight is 468 g/mol. The molecular formula is C25H33N5O4. The molecule has 0 bridgehead atoms. The van der Waals surface area contributed by atoms with E-state index in [1.165, 1.54) is 7.11 Å². The Morgan fingerprint density at radius 2 is 2.12 bits per heavy atom. The predicted molar refractivity (Wildman–Crippen MR) is 129 cm³/mol. The first-order valence-corrected chi connectivity index (χ1v) is 11.6. The molecule has 1 atom stereocenters. The molecule has 1 aromatic heterocycles. The maximum absolute atomic E-state index is 13.6. The number of rotatable bonds is 11. The first-order valence-electron chi connectivity index (χ1n) is 11.6. The number of ether oxygens (including phenoxy) is 2. The molecule has 182 valence electrons. The first-order chi connectivity index (χ1) is 16.6. The van der Waals surface area contributed by atoms with Gasteiger partial charge >= 0.3 is 5.97 Å². The van der Waals surface area contributed by atoms with E-state index in [1.54, 1.807) is 23.2 Å². The van der Waals surface area contributed by atoms with Gasteiger partial charge in [0.15, 0.2) is 5.82 Å². The summed E-state index contributed by atoms with van der Waals surface area (Å²) in [6.45, 7) is 5.49. The van der Waals surface area contributed by atoms with Crippen LogP contribution >= 0.6 is 0 Å². The number of aromatic nitrogens is 2. The number of esters is 1. The summed E-state index contributed by atoms with van der Waals surface area (Å²) in [5, 5.41) is 6.56. The highest BCUT2D eigenvalue weighted by Crippen LogP contribution is 2.21. The van der Waals surface area contributed by atoms with E-state index in [2.05, 4.69) is 32.3 Å². The van der Waals surface area contributed by atoms with Crippen molar-refractivity contribution >= 4 is 17.7 Å². The quantitative estimate of drug-likeness (QED) is 0.384. The smallest absolute Gasteiger partial charge is 0.309 e. The number of hydrogen-bond donors (Lipinski definition) is 2. The first kappa shape index (κ1) is 25.3. The summed E-state index contributed by atoms with van der Waals surface area (Å²) in [5.74, 6) is 0.531. The number of anilines is 1. The highest BCUT2D eigenvalue weighted by atomic mass is 16.5. The summed E-state index contributed by atoms with van der Waals surface area (Å²) in [6.07, 6.45) is 5.88. The minimum Gasteiger partial charge on any atom is -0.469 e. The lowest BCUT2D eigenvalue weighted by molar-refractivity contribution is -0.139. The molecule has 2 N–H and O–H groups in total. The van der Waals surface area contributed by atoms with Crippen molar-refractivity contribution in [2.75, 3.05) is 45.2 Å². The molecule has 1 fully saturated rings. The number of nitrogens with one attached hydrogen (secondary N) is 2. The third-order valence-corrected chi connectivity index (χ3v) is 5.30. The van der Waals surface area contributed by atoms with E-state index in [0.29, 0.717) is 50.0 Å². The van der Waals surface area contributed by atoms with Gasteiger partial charge in [0.1, 0.15) is 17.5 Å². The van der Waals surface area contributed by atoms with Crippen LogP contribution in [0.15, 0.2) is 48.7 Å². The SMILES string of the molecule is CCCNc1nc(C2CNCCO2)ncc1C(=O)N(C/C=C/CC(=O)OC)Cc1ccccc1. The molecule has 34 heavy (non-hydrogen) atoms. The molecule has 2 heterocycles. The minimum absolute atomic E-state index is 0.153. The van der Waals surface area contributed by atoms with Crippen LogP contribution in [0, 0.1) is 0 Å².